The van der Waals surface area contributed by atoms with Crippen molar-refractivity contribution in [3.8, 4) is 0 Å². The first-order valence-corrected chi connectivity index (χ1v) is 10.2. The minimum absolute atomic E-state index is 0.0498. The van der Waals surface area contributed by atoms with Crippen LogP contribution in [-0.4, -0.2) is 31.1 Å². The Bertz CT molecular complexity index is 853. The zero-order valence-electron chi connectivity index (χ0n) is 15.9. The van der Waals surface area contributed by atoms with Crippen molar-refractivity contribution in [3.63, 3.8) is 0 Å². The van der Waals surface area contributed by atoms with Crippen molar-refractivity contribution >= 4 is 29.4 Å². The third-order valence-electron chi connectivity index (χ3n) is 4.90. The van der Waals surface area contributed by atoms with Gasteiger partial charge in [0.15, 0.2) is 10.9 Å². The average Bonchev–Trinajstić information content (AvgIpc) is 2.92. The summed E-state index contributed by atoms with van der Waals surface area (Å²) in [5.74, 6) is 0.410. The first kappa shape index (κ1) is 19.4. The molecule has 1 aliphatic carbocycles. The average molecular weight is 387 g/mol. The van der Waals surface area contributed by atoms with Gasteiger partial charge in [-0.25, -0.2) is 0 Å². The predicted octanol–water partition coefficient (Wildman–Crippen LogP) is 3.32. The second kappa shape index (κ2) is 8.56. The molecule has 1 aliphatic rings. The van der Waals surface area contributed by atoms with Crippen LogP contribution in [0.15, 0.2) is 22.9 Å². The molecule has 2 aromatic heterocycles. The second-order valence-corrected chi connectivity index (χ2v) is 7.78. The molecule has 3 rings (SSSR count). The molecule has 2 aromatic rings. The van der Waals surface area contributed by atoms with Gasteiger partial charge in [0, 0.05) is 23.5 Å². The predicted molar refractivity (Wildman–Crippen MR) is 109 cm³/mol. The zero-order chi connectivity index (χ0) is 19.4. The normalized spacial score (nSPS) is 14.2. The largest absolute Gasteiger partial charge is 0.368 e. The molecule has 0 amide bonds. The number of Topliss-reactive ketones (excluding diaryl/α,β-unsaturated/α-hetero) is 1. The fourth-order valence-corrected chi connectivity index (χ4v) is 4.21. The van der Waals surface area contributed by atoms with Crippen LogP contribution in [0.1, 0.15) is 53.8 Å². The Morgan fingerprint density at radius 1 is 1.19 bits per heavy atom. The highest BCUT2D eigenvalue weighted by Gasteiger charge is 2.17. The molecule has 0 atom stereocenters. The monoisotopic (exact) mass is 386 g/mol. The molecule has 4 N–H and O–H groups in total. The standard InChI is InChI=1S/C19H26N6OS/c1-12-10-15(13(2)25(12)9-8-14-6-4-3-5-7-14)16(26)11-27-19-23-17(20)22-18(21)24-19/h6,10H,3-5,7-9,11H2,1-2H3,(H4,20,21,22,23,24). The van der Waals surface area contributed by atoms with Crippen LogP contribution in [0.25, 0.3) is 0 Å². The number of nitrogens with two attached hydrogens (primary N) is 2. The summed E-state index contributed by atoms with van der Waals surface area (Å²) < 4.78 is 2.24. The molecular formula is C19H26N6OS. The van der Waals surface area contributed by atoms with E-state index < -0.39 is 0 Å². The number of anilines is 2. The van der Waals surface area contributed by atoms with Gasteiger partial charge in [-0.1, -0.05) is 23.4 Å². The van der Waals surface area contributed by atoms with E-state index in [0.717, 1.165) is 29.9 Å². The lowest BCUT2D eigenvalue weighted by Crippen LogP contribution is -2.09. The van der Waals surface area contributed by atoms with E-state index >= 15 is 0 Å². The van der Waals surface area contributed by atoms with E-state index in [4.69, 9.17) is 11.5 Å². The van der Waals surface area contributed by atoms with Crippen molar-refractivity contribution < 1.29 is 4.79 Å². The van der Waals surface area contributed by atoms with E-state index in [2.05, 4.69) is 32.5 Å². The van der Waals surface area contributed by atoms with Crippen molar-refractivity contribution in [1.29, 1.82) is 0 Å². The minimum Gasteiger partial charge on any atom is -0.368 e. The van der Waals surface area contributed by atoms with Gasteiger partial charge in [-0.05, 0) is 52.0 Å². The Kier molecular flexibility index (Phi) is 6.15. The third kappa shape index (κ3) is 4.88. The molecule has 0 radical (unpaired) electrons. The number of hydrogen-bond acceptors (Lipinski definition) is 7. The van der Waals surface area contributed by atoms with Crippen LogP contribution < -0.4 is 11.5 Å². The first-order valence-electron chi connectivity index (χ1n) is 9.21. The van der Waals surface area contributed by atoms with Gasteiger partial charge in [-0.15, -0.1) is 0 Å². The quantitative estimate of drug-likeness (QED) is 0.426. The van der Waals surface area contributed by atoms with Crippen molar-refractivity contribution in [2.45, 2.75) is 57.7 Å². The maximum absolute atomic E-state index is 12.7. The van der Waals surface area contributed by atoms with E-state index in [1.165, 1.54) is 37.4 Å². The number of allylic oxidation sites excluding steroid dienone is 2. The molecule has 0 bridgehead atoms. The summed E-state index contributed by atoms with van der Waals surface area (Å²) in [6.07, 6.45) is 8.45. The van der Waals surface area contributed by atoms with Gasteiger partial charge in [-0.2, -0.15) is 15.0 Å². The van der Waals surface area contributed by atoms with Gasteiger partial charge in [0.2, 0.25) is 11.9 Å². The molecule has 2 heterocycles. The Hall–Kier alpha value is -2.35. The summed E-state index contributed by atoms with van der Waals surface area (Å²) >= 11 is 1.22. The summed E-state index contributed by atoms with van der Waals surface area (Å²) in [6, 6.07) is 1.98. The van der Waals surface area contributed by atoms with Crippen LogP contribution in [0.4, 0.5) is 11.9 Å². The van der Waals surface area contributed by atoms with E-state index in [1.807, 2.05) is 13.0 Å². The molecule has 7 nitrogen and oxygen atoms in total. The van der Waals surface area contributed by atoms with Gasteiger partial charge >= 0.3 is 0 Å². The summed E-state index contributed by atoms with van der Waals surface area (Å²) in [4.78, 5) is 24.4. The SMILES string of the molecule is Cc1cc(C(=O)CSc2nc(N)nc(N)n2)c(C)n1CCC1=CCCCC1. The summed E-state index contributed by atoms with van der Waals surface area (Å²) in [5, 5.41) is 0.367. The fourth-order valence-electron chi connectivity index (χ4n) is 3.48. The molecule has 0 saturated heterocycles. The highest BCUT2D eigenvalue weighted by atomic mass is 32.2. The minimum atomic E-state index is 0.0498. The van der Waals surface area contributed by atoms with Gasteiger partial charge < -0.3 is 16.0 Å². The highest BCUT2D eigenvalue weighted by molar-refractivity contribution is 7.99. The van der Waals surface area contributed by atoms with Gasteiger partial charge in [0.25, 0.3) is 0 Å². The molecule has 0 spiro atoms. The number of thioether (sulfide) groups is 1. The van der Waals surface area contributed by atoms with Crippen molar-refractivity contribution in [1.82, 2.24) is 19.5 Å². The molecule has 0 unspecified atom stereocenters. The molecule has 0 aliphatic heterocycles. The van der Waals surface area contributed by atoms with Crippen molar-refractivity contribution in [2.75, 3.05) is 17.2 Å². The maximum atomic E-state index is 12.7. The Balaban J connectivity index is 1.65. The Labute approximate surface area is 163 Å². The van der Waals surface area contributed by atoms with Gasteiger partial charge in [-0.3, -0.25) is 4.79 Å². The molecular weight excluding hydrogens is 360 g/mol. The number of rotatable bonds is 7. The molecule has 0 saturated carbocycles. The van der Waals surface area contributed by atoms with Crippen molar-refractivity contribution in [2.24, 2.45) is 0 Å². The molecule has 0 aromatic carbocycles. The Morgan fingerprint density at radius 3 is 2.59 bits per heavy atom. The third-order valence-corrected chi connectivity index (χ3v) is 5.74. The molecule has 27 heavy (non-hydrogen) atoms. The first-order chi connectivity index (χ1) is 12.9. The lowest BCUT2D eigenvalue weighted by Gasteiger charge is -2.15. The molecule has 0 fully saturated rings. The number of nitrogen functional groups attached to an aromatic ring is 2. The van der Waals surface area contributed by atoms with E-state index in [0.29, 0.717) is 5.16 Å². The van der Waals surface area contributed by atoms with E-state index in [-0.39, 0.29) is 23.4 Å². The number of ketones is 1. The summed E-state index contributed by atoms with van der Waals surface area (Å²) in [7, 11) is 0. The lowest BCUT2D eigenvalue weighted by atomic mass is 9.97. The van der Waals surface area contributed by atoms with Gasteiger partial charge in [0.05, 0.1) is 5.75 Å². The number of carbonyl (C=O) groups is 1. The Morgan fingerprint density at radius 2 is 1.93 bits per heavy atom. The topological polar surface area (TPSA) is 113 Å². The van der Waals surface area contributed by atoms with Crippen LogP contribution in [0, 0.1) is 13.8 Å². The molecule has 8 heteroatoms. The van der Waals surface area contributed by atoms with Gasteiger partial charge in [0.1, 0.15) is 0 Å². The number of aryl methyl sites for hydroxylation is 1. The summed E-state index contributed by atoms with van der Waals surface area (Å²) in [5.41, 5.74) is 15.6. The summed E-state index contributed by atoms with van der Waals surface area (Å²) in [6.45, 7) is 4.99. The number of carbonyl (C=O) groups excluding carboxylic acids is 1. The highest BCUT2D eigenvalue weighted by Crippen LogP contribution is 2.24. The maximum Gasteiger partial charge on any atom is 0.225 e. The van der Waals surface area contributed by atoms with Crippen LogP contribution in [0.2, 0.25) is 0 Å². The van der Waals surface area contributed by atoms with Crippen molar-refractivity contribution in [3.05, 3.63) is 34.7 Å². The lowest BCUT2D eigenvalue weighted by molar-refractivity contribution is 0.102. The number of aromatic nitrogens is 4. The second-order valence-electron chi connectivity index (χ2n) is 6.84. The fraction of sp³-hybridized carbons (Fsp3) is 0.474. The van der Waals surface area contributed by atoms with E-state index in [1.54, 1.807) is 5.57 Å². The molecule has 144 valence electrons. The zero-order valence-corrected chi connectivity index (χ0v) is 16.7. The van der Waals surface area contributed by atoms with Crippen LogP contribution in [-0.2, 0) is 6.54 Å². The number of hydrogen-bond donors (Lipinski definition) is 2. The smallest absolute Gasteiger partial charge is 0.225 e. The van der Waals surface area contributed by atoms with Crippen LogP contribution >= 0.6 is 11.8 Å². The van der Waals surface area contributed by atoms with Crippen LogP contribution in [0.5, 0.6) is 0 Å². The number of nitrogens with zero attached hydrogens (tertiary/aromatic N) is 4. The van der Waals surface area contributed by atoms with Crippen LogP contribution in [0.3, 0.4) is 0 Å². The van der Waals surface area contributed by atoms with E-state index in [9.17, 15) is 4.79 Å².